The van der Waals surface area contributed by atoms with Crippen LogP contribution in [0.4, 0.5) is 0 Å². The van der Waals surface area contributed by atoms with E-state index >= 15 is 0 Å². The molecule has 0 radical (unpaired) electrons. The third kappa shape index (κ3) is 6.92. The van der Waals surface area contributed by atoms with Gasteiger partial charge in [-0.05, 0) is 12.8 Å². The summed E-state index contributed by atoms with van der Waals surface area (Å²) >= 11 is 0. The molecule has 0 aromatic carbocycles. The van der Waals surface area contributed by atoms with Crippen molar-refractivity contribution in [2.24, 2.45) is 0 Å². The first-order valence-electron chi connectivity index (χ1n) is 4.96. The van der Waals surface area contributed by atoms with E-state index < -0.39 is 7.82 Å². The lowest BCUT2D eigenvalue weighted by Crippen LogP contribution is -1.98. The Hall–Kier alpha value is 0.540. The van der Waals surface area contributed by atoms with E-state index in [2.05, 4.69) is 4.31 Å². The number of phosphoric acid groups is 1. The molecule has 0 heterocycles. The summed E-state index contributed by atoms with van der Waals surface area (Å²) in [7, 11) is -1.37. The van der Waals surface area contributed by atoms with Crippen molar-refractivity contribution in [3.8, 4) is 0 Å². The number of rotatable bonds is 9. The normalized spacial score (nSPS) is 11.9. The summed E-state index contributed by atoms with van der Waals surface area (Å²) in [6.45, 7) is 4.89. The van der Waals surface area contributed by atoms with Crippen LogP contribution in [-0.4, -0.2) is 13.2 Å². The van der Waals surface area contributed by atoms with E-state index in [1.165, 1.54) is 0 Å². The van der Waals surface area contributed by atoms with Crippen LogP contribution in [0.25, 0.3) is 0 Å². The summed E-state index contributed by atoms with van der Waals surface area (Å²) in [5.74, 6) is 0. The lowest BCUT2D eigenvalue weighted by Gasteiger charge is -2.14. The van der Waals surface area contributed by atoms with Gasteiger partial charge in [0.15, 0.2) is 0 Å². The average Bonchev–Trinajstić information content (AvgIpc) is 2.19. The van der Waals surface area contributed by atoms with E-state index in [0.29, 0.717) is 13.2 Å². The molecule has 0 spiro atoms. The highest BCUT2D eigenvalue weighted by Crippen LogP contribution is 2.51. The first-order valence-corrected chi connectivity index (χ1v) is 6.89. The van der Waals surface area contributed by atoms with Gasteiger partial charge < -0.3 is 0 Å². The maximum atomic E-state index is 11.6. The van der Waals surface area contributed by atoms with Gasteiger partial charge in [0.2, 0.25) is 0 Å². The molecule has 86 valence electrons. The maximum absolute atomic E-state index is 11.6. The fraction of sp³-hybridized carbons (Fsp3) is 1.00. The van der Waals surface area contributed by atoms with Crippen molar-refractivity contribution in [2.45, 2.75) is 39.5 Å². The molecule has 6 heteroatoms. The van der Waals surface area contributed by atoms with E-state index in [9.17, 15) is 4.57 Å². The molecule has 0 aliphatic rings. The van der Waals surface area contributed by atoms with Crippen molar-refractivity contribution >= 4 is 17.3 Å². The fourth-order valence-corrected chi connectivity index (χ4v) is 2.01. The highest BCUT2D eigenvalue weighted by atomic mass is 31.2. The summed E-state index contributed by atoms with van der Waals surface area (Å²) in [5.41, 5.74) is 0. The molecule has 14 heavy (non-hydrogen) atoms. The zero-order chi connectivity index (χ0) is 10.9. The molecule has 0 aromatic heterocycles. The van der Waals surface area contributed by atoms with Crippen molar-refractivity contribution in [3.63, 3.8) is 0 Å². The van der Waals surface area contributed by atoms with Gasteiger partial charge in [-0.3, -0.25) is 13.4 Å². The quantitative estimate of drug-likeness (QED) is 0.458. The molecule has 4 nitrogen and oxygen atoms in total. The van der Waals surface area contributed by atoms with Crippen LogP contribution < -0.4 is 0 Å². The van der Waals surface area contributed by atoms with Crippen LogP contribution in [0.2, 0.25) is 0 Å². The zero-order valence-electron chi connectivity index (χ0n) is 8.90. The topological polar surface area (TPSA) is 44.8 Å². The second-order valence-electron chi connectivity index (χ2n) is 2.93. The first-order chi connectivity index (χ1) is 6.68. The SMILES string of the molecule is CCCCOP(=O)(OP)OCCCC. The standard InChI is InChI=1S/C8H20O4P2/c1-3-5-7-10-14(9,12-13)11-8-6-4-2/h3-8,13H2,1-2H3. The Morgan fingerprint density at radius 2 is 1.50 bits per heavy atom. The summed E-state index contributed by atoms with van der Waals surface area (Å²) < 4.78 is 26.4. The molecule has 0 amide bonds. The maximum Gasteiger partial charge on any atom is 0.477 e. The first kappa shape index (κ1) is 14.5. The van der Waals surface area contributed by atoms with E-state index in [1.807, 2.05) is 23.3 Å². The van der Waals surface area contributed by atoms with Crippen molar-refractivity contribution < 1.29 is 17.9 Å². The van der Waals surface area contributed by atoms with Gasteiger partial charge in [-0.1, -0.05) is 26.7 Å². The van der Waals surface area contributed by atoms with Crippen LogP contribution in [-0.2, 0) is 17.9 Å². The van der Waals surface area contributed by atoms with Gasteiger partial charge in [-0.25, -0.2) is 4.57 Å². The van der Waals surface area contributed by atoms with Crippen molar-refractivity contribution in [1.82, 2.24) is 0 Å². The summed E-state index contributed by atoms with van der Waals surface area (Å²) in [5, 5.41) is 0. The molecule has 0 rings (SSSR count). The summed E-state index contributed by atoms with van der Waals surface area (Å²) in [4.78, 5) is 0. The molecular weight excluding hydrogens is 222 g/mol. The lowest BCUT2D eigenvalue weighted by atomic mass is 10.4. The Labute approximate surface area is 88.6 Å². The fourth-order valence-electron chi connectivity index (χ4n) is 0.740. The van der Waals surface area contributed by atoms with Crippen LogP contribution in [0.5, 0.6) is 0 Å². The Bertz CT molecular complexity index is 161. The summed E-state index contributed by atoms with van der Waals surface area (Å²) in [6.07, 6.45) is 3.70. The minimum Gasteiger partial charge on any atom is -0.287 e. The van der Waals surface area contributed by atoms with Crippen LogP contribution >= 0.6 is 17.3 Å². The van der Waals surface area contributed by atoms with Crippen molar-refractivity contribution in [2.75, 3.05) is 13.2 Å². The predicted molar refractivity (Wildman–Crippen MR) is 60.1 cm³/mol. The highest BCUT2D eigenvalue weighted by Gasteiger charge is 2.23. The van der Waals surface area contributed by atoms with Gasteiger partial charge in [0, 0.05) is 9.47 Å². The predicted octanol–water partition coefficient (Wildman–Crippen LogP) is 3.53. The number of hydrogen-bond acceptors (Lipinski definition) is 4. The van der Waals surface area contributed by atoms with E-state index in [0.717, 1.165) is 25.7 Å². The van der Waals surface area contributed by atoms with Gasteiger partial charge in [0.25, 0.3) is 0 Å². The molecule has 1 atom stereocenters. The number of unbranched alkanes of at least 4 members (excludes halogenated alkanes) is 2. The van der Waals surface area contributed by atoms with E-state index in [4.69, 9.17) is 9.05 Å². The molecule has 0 aliphatic heterocycles. The number of hydrogen-bond donors (Lipinski definition) is 0. The zero-order valence-corrected chi connectivity index (χ0v) is 10.9. The van der Waals surface area contributed by atoms with Crippen LogP contribution in [0.1, 0.15) is 39.5 Å². The molecule has 0 bridgehead atoms. The third-order valence-electron chi connectivity index (χ3n) is 1.62. The Morgan fingerprint density at radius 3 is 1.79 bits per heavy atom. The Morgan fingerprint density at radius 1 is 1.07 bits per heavy atom. The number of phosphoric ester groups is 1. The van der Waals surface area contributed by atoms with Crippen molar-refractivity contribution in [3.05, 3.63) is 0 Å². The van der Waals surface area contributed by atoms with Crippen LogP contribution in [0.3, 0.4) is 0 Å². The van der Waals surface area contributed by atoms with Crippen molar-refractivity contribution in [1.29, 1.82) is 0 Å². The minimum atomic E-state index is -3.30. The lowest BCUT2D eigenvalue weighted by molar-refractivity contribution is 0.158. The molecule has 0 saturated carbocycles. The molecular formula is C8H20O4P2. The summed E-state index contributed by atoms with van der Waals surface area (Å²) in [6, 6.07) is 0. The second-order valence-corrected chi connectivity index (χ2v) is 5.18. The molecule has 0 saturated heterocycles. The third-order valence-corrected chi connectivity index (χ3v) is 3.65. The van der Waals surface area contributed by atoms with Gasteiger partial charge >= 0.3 is 7.82 Å². The van der Waals surface area contributed by atoms with Crippen LogP contribution in [0, 0.1) is 0 Å². The smallest absolute Gasteiger partial charge is 0.287 e. The van der Waals surface area contributed by atoms with Gasteiger partial charge in [0.05, 0.1) is 13.2 Å². The molecule has 0 aliphatic carbocycles. The monoisotopic (exact) mass is 242 g/mol. The van der Waals surface area contributed by atoms with E-state index in [-0.39, 0.29) is 0 Å². The molecule has 0 aromatic rings. The largest absolute Gasteiger partial charge is 0.477 e. The average molecular weight is 242 g/mol. The minimum absolute atomic E-state index is 0.411. The van der Waals surface area contributed by atoms with Gasteiger partial charge in [-0.15, -0.1) is 0 Å². The molecule has 1 unspecified atom stereocenters. The Kier molecular flexibility index (Phi) is 9.16. The second kappa shape index (κ2) is 8.82. The van der Waals surface area contributed by atoms with E-state index in [1.54, 1.807) is 0 Å². The Balaban J connectivity index is 3.74. The van der Waals surface area contributed by atoms with Gasteiger partial charge in [-0.2, -0.15) is 0 Å². The van der Waals surface area contributed by atoms with Crippen LogP contribution in [0.15, 0.2) is 0 Å². The molecule has 0 fully saturated rings. The highest BCUT2D eigenvalue weighted by molar-refractivity contribution is 7.53. The molecule has 0 N–H and O–H groups in total. The van der Waals surface area contributed by atoms with Gasteiger partial charge in [0.1, 0.15) is 0 Å².